The summed E-state index contributed by atoms with van der Waals surface area (Å²) in [6.07, 6.45) is 1.18. The standard InChI is InChI=1S/C10H12N4O4/c1-4-18-9(15)10(2,5-11)7-8(14(16)17)12-6-13(7)3/h6H,4H2,1-3H3. The Morgan fingerprint density at radius 3 is 2.83 bits per heavy atom. The first-order valence-electron chi connectivity index (χ1n) is 5.13. The van der Waals surface area contributed by atoms with Gasteiger partial charge in [-0.15, -0.1) is 0 Å². The number of hydrogen-bond donors (Lipinski definition) is 0. The van der Waals surface area contributed by atoms with Gasteiger partial charge in [-0.1, -0.05) is 0 Å². The van der Waals surface area contributed by atoms with Crippen molar-refractivity contribution in [2.75, 3.05) is 6.61 Å². The molecular formula is C10H12N4O4. The molecular weight excluding hydrogens is 240 g/mol. The molecule has 0 bridgehead atoms. The average Bonchev–Trinajstić information content (AvgIpc) is 2.71. The topological polar surface area (TPSA) is 111 Å². The Kier molecular flexibility index (Phi) is 3.66. The van der Waals surface area contributed by atoms with Gasteiger partial charge in [0.1, 0.15) is 0 Å². The predicted octanol–water partition coefficient (Wildman–Crippen LogP) is 0.673. The fraction of sp³-hybridized carbons (Fsp3) is 0.500. The maximum atomic E-state index is 11.8. The van der Waals surface area contributed by atoms with Crippen LogP contribution in [0.15, 0.2) is 6.33 Å². The van der Waals surface area contributed by atoms with Crippen LogP contribution < -0.4 is 0 Å². The van der Waals surface area contributed by atoms with Gasteiger partial charge in [0, 0.05) is 7.05 Å². The Morgan fingerprint density at radius 2 is 2.39 bits per heavy atom. The van der Waals surface area contributed by atoms with E-state index < -0.39 is 22.1 Å². The number of aromatic nitrogens is 2. The molecule has 0 spiro atoms. The molecule has 1 rings (SSSR count). The summed E-state index contributed by atoms with van der Waals surface area (Å²) in [6.45, 7) is 2.95. The van der Waals surface area contributed by atoms with Crippen LogP contribution in [0.5, 0.6) is 0 Å². The zero-order valence-corrected chi connectivity index (χ0v) is 10.2. The first-order chi connectivity index (χ1) is 8.38. The number of carbonyl (C=O) groups is 1. The number of carbonyl (C=O) groups excluding carboxylic acids is 1. The van der Waals surface area contributed by atoms with Gasteiger partial charge in [-0.25, -0.2) is 4.79 Å². The largest absolute Gasteiger partial charge is 0.465 e. The van der Waals surface area contributed by atoms with E-state index in [1.165, 1.54) is 24.9 Å². The second-order valence-electron chi connectivity index (χ2n) is 3.74. The van der Waals surface area contributed by atoms with Gasteiger partial charge in [-0.2, -0.15) is 5.26 Å². The molecule has 0 saturated carbocycles. The van der Waals surface area contributed by atoms with Crippen LogP contribution in [0.2, 0.25) is 0 Å². The number of aryl methyl sites for hydroxylation is 1. The molecule has 1 aromatic rings. The maximum Gasteiger partial charge on any atom is 0.387 e. The number of nitrogens with zero attached hydrogens (tertiary/aromatic N) is 4. The summed E-state index contributed by atoms with van der Waals surface area (Å²) in [5, 5.41) is 20.0. The van der Waals surface area contributed by atoms with Crippen LogP contribution in [-0.4, -0.2) is 27.1 Å². The van der Waals surface area contributed by atoms with E-state index in [1.54, 1.807) is 13.0 Å². The van der Waals surface area contributed by atoms with Crippen LogP contribution in [0.4, 0.5) is 5.82 Å². The molecule has 8 heteroatoms. The third kappa shape index (κ3) is 2.02. The highest BCUT2D eigenvalue weighted by atomic mass is 16.6. The van der Waals surface area contributed by atoms with Crippen molar-refractivity contribution < 1.29 is 14.5 Å². The maximum absolute atomic E-state index is 11.8. The quantitative estimate of drug-likeness (QED) is 0.442. The van der Waals surface area contributed by atoms with Gasteiger partial charge in [0.05, 0.1) is 12.7 Å². The normalized spacial score (nSPS) is 13.4. The summed E-state index contributed by atoms with van der Waals surface area (Å²) in [4.78, 5) is 25.5. The van der Waals surface area contributed by atoms with Crippen molar-refractivity contribution in [3.8, 4) is 6.07 Å². The molecule has 0 aliphatic carbocycles. The first kappa shape index (κ1) is 13.6. The van der Waals surface area contributed by atoms with Crippen LogP contribution in [0.25, 0.3) is 0 Å². The fourth-order valence-corrected chi connectivity index (χ4v) is 1.60. The molecule has 1 unspecified atom stereocenters. The fourth-order valence-electron chi connectivity index (χ4n) is 1.60. The molecule has 0 radical (unpaired) electrons. The van der Waals surface area contributed by atoms with Crippen molar-refractivity contribution in [2.45, 2.75) is 19.3 Å². The van der Waals surface area contributed by atoms with Crippen LogP contribution >= 0.6 is 0 Å². The van der Waals surface area contributed by atoms with E-state index in [0.29, 0.717) is 0 Å². The number of hydrogen-bond acceptors (Lipinski definition) is 6. The second-order valence-corrected chi connectivity index (χ2v) is 3.74. The molecule has 1 aromatic heterocycles. The summed E-state index contributed by atoms with van der Waals surface area (Å²) in [5.74, 6) is -1.35. The Morgan fingerprint density at radius 1 is 1.78 bits per heavy atom. The summed E-state index contributed by atoms with van der Waals surface area (Å²) >= 11 is 0. The van der Waals surface area contributed by atoms with Crippen LogP contribution in [0, 0.1) is 21.4 Å². The number of nitro groups is 1. The molecule has 0 fully saturated rings. The predicted molar refractivity (Wildman–Crippen MR) is 59.5 cm³/mol. The number of esters is 1. The molecule has 18 heavy (non-hydrogen) atoms. The number of imidazole rings is 1. The summed E-state index contributed by atoms with van der Waals surface area (Å²) in [7, 11) is 1.48. The van der Waals surface area contributed by atoms with E-state index in [1.807, 2.05) is 0 Å². The molecule has 1 heterocycles. The van der Waals surface area contributed by atoms with E-state index in [0.717, 1.165) is 0 Å². The average molecular weight is 252 g/mol. The highest BCUT2D eigenvalue weighted by Gasteiger charge is 2.45. The number of rotatable bonds is 4. The zero-order chi connectivity index (χ0) is 13.9. The molecule has 96 valence electrons. The molecule has 8 nitrogen and oxygen atoms in total. The van der Waals surface area contributed by atoms with E-state index in [4.69, 9.17) is 4.74 Å². The minimum Gasteiger partial charge on any atom is -0.465 e. The zero-order valence-electron chi connectivity index (χ0n) is 10.2. The lowest BCUT2D eigenvalue weighted by Gasteiger charge is -2.18. The van der Waals surface area contributed by atoms with Crippen molar-refractivity contribution in [1.29, 1.82) is 5.26 Å². The number of nitriles is 1. The SMILES string of the molecule is CCOC(=O)C(C)(C#N)c1c([N+](=O)[O-])ncn1C. The van der Waals surface area contributed by atoms with Gasteiger partial charge in [0.2, 0.25) is 6.33 Å². The molecule has 0 amide bonds. The third-order valence-corrected chi connectivity index (χ3v) is 2.47. The van der Waals surface area contributed by atoms with Crippen LogP contribution in [0.3, 0.4) is 0 Å². The van der Waals surface area contributed by atoms with Gasteiger partial charge >= 0.3 is 11.8 Å². The van der Waals surface area contributed by atoms with Gasteiger partial charge in [-0.05, 0) is 23.8 Å². The smallest absolute Gasteiger partial charge is 0.387 e. The first-order valence-corrected chi connectivity index (χ1v) is 5.13. The Labute approximate surface area is 103 Å². The van der Waals surface area contributed by atoms with E-state index >= 15 is 0 Å². The minimum absolute atomic E-state index is 0.0851. The Bertz CT molecular complexity index is 530. The summed E-state index contributed by atoms with van der Waals surface area (Å²) in [6, 6.07) is 1.76. The van der Waals surface area contributed by atoms with E-state index in [2.05, 4.69) is 4.98 Å². The van der Waals surface area contributed by atoms with Gasteiger partial charge in [0.25, 0.3) is 0 Å². The van der Waals surface area contributed by atoms with Crippen LogP contribution in [-0.2, 0) is 22.0 Å². The van der Waals surface area contributed by atoms with Gasteiger partial charge in [-0.3, -0.25) is 0 Å². The minimum atomic E-state index is -1.76. The molecule has 0 N–H and O–H groups in total. The van der Waals surface area contributed by atoms with Crippen molar-refractivity contribution in [1.82, 2.24) is 9.55 Å². The summed E-state index contributed by atoms with van der Waals surface area (Å²) in [5.41, 5.74) is -1.85. The molecule has 0 aromatic carbocycles. The van der Waals surface area contributed by atoms with Crippen molar-refractivity contribution in [3.63, 3.8) is 0 Å². The third-order valence-electron chi connectivity index (χ3n) is 2.47. The van der Waals surface area contributed by atoms with E-state index in [-0.39, 0.29) is 12.3 Å². The van der Waals surface area contributed by atoms with Gasteiger partial charge < -0.3 is 19.4 Å². The second kappa shape index (κ2) is 4.83. The Hall–Kier alpha value is -2.43. The lowest BCUT2D eigenvalue weighted by molar-refractivity contribution is -0.390. The van der Waals surface area contributed by atoms with E-state index in [9.17, 15) is 20.2 Å². The van der Waals surface area contributed by atoms with Crippen molar-refractivity contribution in [2.24, 2.45) is 7.05 Å². The van der Waals surface area contributed by atoms with Crippen LogP contribution in [0.1, 0.15) is 19.5 Å². The highest BCUT2D eigenvalue weighted by molar-refractivity contribution is 5.86. The molecule has 0 aliphatic heterocycles. The van der Waals surface area contributed by atoms with Crippen molar-refractivity contribution in [3.05, 3.63) is 22.1 Å². The lowest BCUT2D eigenvalue weighted by Crippen LogP contribution is -2.35. The monoisotopic (exact) mass is 252 g/mol. The summed E-state index contributed by atoms with van der Waals surface area (Å²) < 4.78 is 6.06. The Balaban J connectivity index is 3.42. The number of ether oxygens (including phenoxy) is 1. The molecule has 1 atom stereocenters. The van der Waals surface area contributed by atoms with Crippen molar-refractivity contribution >= 4 is 11.8 Å². The van der Waals surface area contributed by atoms with Gasteiger partial charge in [0.15, 0.2) is 11.1 Å². The lowest BCUT2D eigenvalue weighted by atomic mass is 9.88. The molecule has 0 saturated heterocycles. The highest BCUT2D eigenvalue weighted by Crippen LogP contribution is 2.31. The molecule has 0 aliphatic rings.